The molecule has 30 heavy (non-hydrogen) atoms. The highest BCUT2D eigenvalue weighted by atomic mass is 16.4. The van der Waals surface area contributed by atoms with E-state index in [4.69, 9.17) is 16.2 Å². The molecule has 0 spiro atoms. The molecule has 0 radical (unpaired) electrons. The number of hydrogen-bond acceptors (Lipinski definition) is 5. The Bertz CT molecular complexity index is 1160. The number of carbonyl (C=O) groups is 2. The molecule has 1 amide bonds. The van der Waals surface area contributed by atoms with Crippen LogP contribution in [0.3, 0.4) is 0 Å². The monoisotopic (exact) mass is 414 g/mol. The van der Waals surface area contributed by atoms with Gasteiger partial charge in [0.1, 0.15) is 0 Å². The molecule has 0 unspecified atom stereocenters. The summed E-state index contributed by atoms with van der Waals surface area (Å²) in [5, 5.41) is 18.8. The molecule has 0 saturated heterocycles. The first kappa shape index (κ1) is 20.8. The lowest BCUT2D eigenvalue weighted by Gasteiger charge is -2.15. The van der Waals surface area contributed by atoms with Crippen LogP contribution in [0, 0.1) is 5.41 Å². The minimum absolute atomic E-state index is 0.0314. The number of benzene rings is 1. The molecule has 1 aliphatic heterocycles. The summed E-state index contributed by atoms with van der Waals surface area (Å²) in [6.07, 6.45) is 2.16. The second-order valence-electron chi connectivity index (χ2n) is 6.93. The smallest absolute Gasteiger partial charge is 0.328 e. The topological polar surface area (TPSA) is 174 Å². The molecule has 0 aliphatic carbocycles. The summed E-state index contributed by atoms with van der Waals surface area (Å²) in [5.41, 5.74) is 5.88. The number of H-pyrrole nitrogens is 1. The summed E-state index contributed by atoms with van der Waals surface area (Å²) in [6, 6.07) is 4.31. The molecular formula is C19H22N6O5. The van der Waals surface area contributed by atoms with Gasteiger partial charge in [0.05, 0.1) is 17.3 Å². The minimum Gasteiger partial charge on any atom is -0.481 e. The van der Waals surface area contributed by atoms with Crippen LogP contribution >= 0.6 is 0 Å². The molecular weight excluding hydrogens is 392 g/mol. The molecule has 1 aliphatic rings. The highest BCUT2D eigenvalue weighted by molar-refractivity contribution is 5.97. The van der Waals surface area contributed by atoms with Gasteiger partial charge in [0.15, 0.2) is 5.96 Å². The number of nitrogens with one attached hydrogen (secondary N) is 3. The predicted octanol–water partition coefficient (Wildman–Crippen LogP) is -0.580. The number of rotatable bonds is 7. The first-order valence-electron chi connectivity index (χ1n) is 9.30. The number of nitrogens with zero attached hydrogens (tertiary/aromatic N) is 2. The minimum atomic E-state index is -1.03. The number of aliphatic carboxylic acids is 1. The van der Waals surface area contributed by atoms with Gasteiger partial charge in [-0.1, -0.05) is 11.6 Å². The lowest BCUT2D eigenvalue weighted by molar-refractivity contribution is -0.136. The Hall–Kier alpha value is -3.89. The van der Waals surface area contributed by atoms with Gasteiger partial charge in [0.25, 0.3) is 11.5 Å². The van der Waals surface area contributed by atoms with Crippen LogP contribution in [0.1, 0.15) is 23.2 Å². The molecule has 11 heteroatoms. The van der Waals surface area contributed by atoms with Crippen LogP contribution in [0.2, 0.25) is 0 Å². The van der Waals surface area contributed by atoms with Gasteiger partial charge in [-0.05, 0) is 24.6 Å². The maximum atomic E-state index is 12.9. The quantitative estimate of drug-likeness (QED) is 0.229. The Balaban J connectivity index is 1.80. The van der Waals surface area contributed by atoms with E-state index in [1.165, 1.54) is 18.2 Å². The van der Waals surface area contributed by atoms with Crippen molar-refractivity contribution in [1.82, 2.24) is 19.8 Å². The summed E-state index contributed by atoms with van der Waals surface area (Å²) in [7, 11) is 0. The predicted molar refractivity (Wildman–Crippen MR) is 110 cm³/mol. The van der Waals surface area contributed by atoms with Gasteiger partial charge in [-0.25, -0.2) is 4.79 Å². The summed E-state index contributed by atoms with van der Waals surface area (Å²) in [4.78, 5) is 52.3. The third-order valence-corrected chi connectivity index (χ3v) is 4.86. The van der Waals surface area contributed by atoms with Gasteiger partial charge in [-0.15, -0.1) is 0 Å². The highest BCUT2D eigenvalue weighted by Crippen LogP contribution is 2.13. The van der Waals surface area contributed by atoms with Gasteiger partial charge in [0, 0.05) is 31.7 Å². The van der Waals surface area contributed by atoms with E-state index < -0.39 is 23.1 Å². The zero-order chi connectivity index (χ0) is 21.8. The Morgan fingerprint density at radius 1 is 1.30 bits per heavy atom. The van der Waals surface area contributed by atoms with Crippen molar-refractivity contribution >= 4 is 28.7 Å². The fourth-order valence-corrected chi connectivity index (χ4v) is 3.21. The lowest BCUT2D eigenvalue weighted by atomic mass is 10.1. The summed E-state index contributed by atoms with van der Waals surface area (Å²) < 4.78 is 1.08. The normalized spacial score (nSPS) is 13.3. The van der Waals surface area contributed by atoms with E-state index >= 15 is 0 Å². The Labute approximate surface area is 170 Å². The largest absolute Gasteiger partial charge is 0.481 e. The van der Waals surface area contributed by atoms with Crippen LogP contribution in [0.4, 0.5) is 0 Å². The van der Waals surface area contributed by atoms with Crippen molar-refractivity contribution in [1.29, 1.82) is 5.41 Å². The van der Waals surface area contributed by atoms with E-state index in [2.05, 4.69) is 10.3 Å². The van der Waals surface area contributed by atoms with Crippen molar-refractivity contribution in [3.8, 4) is 0 Å². The Morgan fingerprint density at radius 2 is 2.07 bits per heavy atom. The molecule has 0 atom stereocenters. The number of nitrogens with two attached hydrogens (primary N) is 1. The van der Waals surface area contributed by atoms with Crippen molar-refractivity contribution in [2.45, 2.75) is 19.4 Å². The molecule has 0 fully saturated rings. The summed E-state index contributed by atoms with van der Waals surface area (Å²) in [6.45, 7) is 1.12. The van der Waals surface area contributed by atoms with E-state index in [1.54, 1.807) is 4.90 Å². The lowest BCUT2D eigenvalue weighted by Crippen LogP contribution is -2.36. The van der Waals surface area contributed by atoms with Gasteiger partial charge in [-0.2, -0.15) is 0 Å². The molecule has 11 nitrogen and oxygen atoms in total. The van der Waals surface area contributed by atoms with Crippen molar-refractivity contribution in [2.24, 2.45) is 5.73 Å². The van der Waals surface area contributed by atoms with Crippen LogP contribution in [-0.2, 0) is 11.3 Å². The molecule has 158 valence electrons. The molecule has 1 aromatic carbocycles. The number of fused-ring (bicyclic) bond motifs is 1. The second kappa shape index (κ2) is 8.64. The summed E-state index contributed by atoms with van der Waals surface area (Å²) >= 11 is 0. The van der Waals surface area contributed by atoms with E-state index in [-0.39, 0.29) is 36.4 Å². The Morgan fingerprint density at radius 3 is 2.73 bits per heavy atom. The maximum Gasteiger partial charge on any atom is 0.328 e. The summed E-state index contributed by atoms with van der Waals surface area (Å²) in [5.74, 6) is -1.56. The molecule has 0 saturated carbocycles. The van der Waals surface area contributed by atoms with Gasteiger partial charge in [-0.3, -0.25) is 24.4 Å². The van der Waals surface area contributed by atoms with E-state index in [1.807, 2.05) is 6.08 Å². The molecule has 3 rings (SSSR count). The average Bonchev–Trinajstić information content (AvgIpc) is 3.16. The number of carbonyl (C=O) groups excluding carboxylic acids is 1. The SMILES string of the molecule is N=C(N)N1CC=C(CCn2c(=O)[nH]c3ccc(C(=O)NCCC(=O)O)cc3c2=O)C1. The second-order valence-corrected chi connectivity index (χ2v) is 6.93. The maximum absolute atomic E-state index is 12.9. The first-order chi connectivity index (χ1) is 14.3. The molecule has 1 aromatic heterocycles. The third kappa shape index (κ3) is 4.57. The van der Waals surface area contributed by atoms with Gasteiger partial charge >= 0.3 is 11.7 Å². The third-order valence-electron chi connectivity index (χ3n) is 4.86. The molecule has 6 N–H and O–H groups in total. The highest BCUT2D eigenvalue weighted by Gasteiger charge is 2.16. The fraction of sp³-hybridized carbons (Fsp3) is 0.316. The molecule has 2 heterocycles. The van der Waals surface area contributed by atoms with Crippen LogP contribution in [0.5, 0.6) is 0 Å². The van der Waals surface area contributed by atoms with Crippen LogP contribution in [0.25, 0.3) is 10.9 Å². The van der Waals surface area contributed by atoms with Gasteiger partial charge < -0.3 is 26.0 Å². The molecule has 2 aromatic rings. The standard InChI is InChI=1S/C19H22N6O5/c20-18(21)24-7-4-11(10-24)5-8-25-17(29)13-9-12(1-2-14(13)23-19(25)30)16(28)22-6-3-15(26)27/h1-2,4,9H,3,5-8,10H2,(H3,20,21)(H,22,28)(H,23,30)(H,26,27). The van der Waals surface area contributed by atoms with Crippen molar-refractivity contribution in [3.63, 3.8) is 0 Å². The number of guanidine groups is 1. The zero-order valence-corrected chi connectivity index (χ0v) is 16.1. The number of aromatic amines is 1. The number of carboxylic acids is 1. The number of amides is 1. The Kier molecular flexibility index (Phi) is 6.00. The van der Waals surface area contributed by atoms with Crippen LogP contribution < -0.4 is 22.3 Å². The van der Waals surface area contributed by atoms with Crippen LogP contribution in [0.15, 0.2) is 39.4 Å². The van der Waals surface area contributed by atoms with E-state index in [0.29, 0.717) is 25.0 Å². The average molecular weight is 414 g/mol. The van der Waals surface area contributed by atoms with E-state index in [9.17, 15) is 19.2 Å². The van der Waals surface area contributed by atoms with Crippen molar-refractivity contribution in [2.75, 3.05) is 19.6 Å². The number of carboxylic acid groups (broad SMARTS) is 1. The van der Waals surface area contributed by atoms with E-state index in [0.717, 1.165) is 10.1 Å². The number of aromatic nitrogens is 2. The fourth-order valence-electron chi connectivity index (χ4n) is 3.21. The van der Waals surface area contributed by atoms with Crippen LogP contribution in [-0.4, -0.2) is 57.0 Å². The zero-order valence-electron chi connectivity index (χ0n) is 16.1. The number of hydrogen-bond donors (Lipinski definition) is 5. The molecule has 0 bridgehead atoms. The first-order valence-corrected chi connectivity index (χ1v) is 9.30. The van der Waals surface area contributed by atoms with Crippen molar-refractivity contribution < 1.29 is 14.7 Å². The van der Waals surface area contributed by atoms with Crippen molar-refractivity contribution in [3.05, 3.63) is 56.2 Å². The van der Waals surface area contributed by atoms with Gasteiger partial charge in [0.2, 0.25) is 0 Å².